The average Bonchev–Trinajstić information content (AvgIpc) is 3.81. The third kappa shape index (κ3) is 7.16. The number of phenolic OH excluding ortho intramolecular Hbond substituents is 2. The van der Waals surface area contributed by atoms with Crippen molar-refractivity contribution in [3.63, 3.8) is 0 Å². The maximum absolute atomic E-state index is 12.7. The first kappa shape index (κ1) is 42.7. The zero-order valence-electron chi connectivity index (χ0n) is 38.4. The number of hydrogen-bond acceptors (Lipinski definition) is 11. The van der Waals surface area contributed by atoms with Gasteiger partial charge in [0.05, 0.1) is 19.1 Å². The summed E-state index contributed by atoms with van der Waals surface area (Å²) in [6.07, 6.45) is 12.3. The summed E-state index contributed by atoms with van der Waals surface area (Å²) in [7, 11) is 3.53. The van der Waals surface area contributed by atoms with E-state index >= 15 is 0 Å². The van der Waals surface area contributed by atoms with Crippen molar-refractivity contribution in [3.8, 4) is 51.7 Å². The molecule has 1 saturated carbocycles. The summed E-state index contributed by atoms with van der Waals surface area (Å²) in [6.45, 7) is 4.76. The second-order valence-corrected chi connectivity index (χ2v) is 19.1. The van der Waals surface area contributed by atoms with Gasteiger partial charge in [-0.1, -0.05) is 60.6 Å². The Morgan fingerprint density at radius 2 is 1.91 bits per heavy atom. The van der Waals surface area contributed by atoms with Crippen molar-refractivity contribution in [2.75, 3.05) is 45.0 Å². The molecule has 11 nitrogen and oxygen atoms in total. The second kappa shape index (κ2) is 16.8. The van der Waals surface area contributed by atoms with Crippen molar-refractivity contribution in [2.24, 2.45) is 11.8 Å². The number of allylic oxidation sites excluding steroid dienone is 1. The highest BCUT2D eigenvalue weighted by molar-refractivity contribution is 5.85. The predicted octanol–water partition coefficient (Wildman–Crippen LogP) is 9.13. The number of likely N-dealkylation sites (N-methyl/N-ethyl adjacent to an activating group) is 1. The van der Waals surface area contributed by atoms with Gasteiger partial charge in [-0.05, 0) is 127 Å². The number of benzene rings is 4. The average molecular weight is 897 g/mol. The van der Waals surface area contributed by atoms with Crippen LogP contribution < -0.4 is 30.6 Å². The van der Waals surface area contributed by atoms with Crippen LogP contribution in [0.15, 0.2) is 72.8 Å². The summed E-state index contributed by atoms with van der Waals surface area (Å²) in [4.78, 5) is 17.7. The van der Waals surface area contributed by atoms with Crippen LogP contribution in [-0.4, -0.2) is 61.1 Å². The number of nitrogen functional groups attached to an aromatic ring is 1. The fourth-order valence-electron chi connectivity index (χ4n) is 12.6. The number of hydrogen-bond donors (Lipinski definition) is 5. The fourth-order valence-corrected chi connectivity index (χ4v) is 12.6. The molecule has 11 rings (SSSR count). The molecular formula is C56H56N4O7. The van der Waals surface area contributed by atoms with Crippen molar-refractivity contribution in [1.29, 1.82) is 0 Å². The molecule has 7 atom stereocenters. The molecule has 6 N–H and O–H groups in total. The largest absolute Gasteiger partial charge is 0.508 e. The Bertz CT molecular complexity index is 2980. The Hall–Kier alpha value is -6.90. The third-order valence-electron chi connectivity index (χ3n) is 15.3. The summed E-state index contributed by atoms with van der Waals surface area (Å²) in [5.41, 5.74) is 18.8. The van der Waals surface area contributed by atoms with Crippen molar-refractivity contribution in [3.05, 3.63) is 129 Å². The molecule has 5 aromatic rings. The standard InChI is InChI=1S/C56H56N4O7/c1-5-59-43-11-7-6-9-31(43)21-33-13-14-34-24-47(57)60-44-12-8-10-32-23-45(63)53-41(16-15-37(58-3)28-66-53)50(32)54-42(29-65-30(2)61)39-17-18-40-49-36(22-38(62)25-46(49)64-4)27-56(52(40)55(39)67-54)20-19-35(26-56)48(33)51(34)44/h6-7,9,11,13-18,22-25,33,35,37,42,48,54,58-59,62-63H,5,10,19-21,26-29H2,1-4H3,(H2,57,60). The molecule has 0 saturated heterocycles. The van der Waals surface area contributed by atoms with Crippen molar-refractivity contribution < 1.29 is 34.0 Å². The van der Waals surface area contributed by atoms with Gasteiger partial charge in [-0.15, -0.1) is 0 Å². The molecule has 11 heteroatoms. The fraction of sp³-hybridized carbons (Fsp3) is 0.357. The van der Waals surface area contributed by atoms with Crippen LogP contribution in [0, 0.1) is 23.7 Å². The van der Waals surface area contributed by atoms with Gasteiger partial charge in [0.1, 0.15) is 48.1 Å². The van der Waals surface area contributed by atoms with E-state index in [1.807, 2.05) is 31.3 Å². The SMILES string of the molecule is CCNc1ccccc1CC1C=Cc2cc(N)nc3c2C1C1CCC2(Cc4cc(O)cc(OC)c4-c4ccc5c(c42)OC(c2c(cc(O)c4c2C=CC(NC)CO4)CC#C3)C5COC(C)=O)C1. The van der Waals surface area contributed by atoms with Crippen LogP contribution in [0.25, 0.3) is 23.3 Å². The Morgan fingerprint density at radius 3 is 2.73 bits per heavy atom. The zero-order chi connectivity index (χ0) is 46.1. The lowest BCUT2D eigenvalue weighted by atomic mass is 9.63. The summed E-state index contributed by atoms with van der Waals surface area (Å²) in [5.74, 6) is 8.96. The minimum absolute atomic E-state index is 0.00728. The van der Waals surface area contributed by atoms with Crippen molar-refractivity contribution >= 4 is 29.6 Å². The lowest BCUT2D eigenvalue weighted by Gasteiger charge is -2.41. The molecule has 4 heterocycles. The minimum Gasteiger partial charge on any atom is -0.508 e. The molecule has 1 fully saturated rings. The second-order valence-electron chi connectivity index (χ2n) is 19.1. The molecule has 0 amide bonds. The number of phenols is 2. The van der Waals surface area contributed by atoms with Gasteiger partial charge < -0.3 is 45.5 Å². The van der Waals surface area contributed by atoms with Crippen LogP contribution >= 0.6 is 0 Å². The van der Waals surface area contributed by atoms with Crippen molar-refractivity contribution in [2.45, 2.75) is 81.8 Å². The number of pyridine rings is 1. The molecule has 7 unspecified atom stereocenters. The normalized spacial score (nSPS) is 24.4. The van der Waals surface area contributed by atoms with Gasteiger partial charge in [0.15, 0.2) is 11.5 Å². The van der Waals surface area contributed by atoms with Crippen LogP contribution in [-0.2, 0) is 34.2 Å². The summed E-state index contributed by atoms with van der Waals surface area (Å²) < 4.78 is 26.0. The number of anilines is 2. The van der Waals surface area contributed by atoms with E-state index in [0.29, 0.717) is 41.6 Å². The molecule has 4 aromatic carbocycles. The minimum atomic E-state index is -0.651. The molecule has 1 aromatic heterocycles. The van der Waals surface area contributed by atoms with Crippen LogP contribution in [0.2, 0.25) is 0 Å². The summed E-state index contributed by atoms with van der Waals surface area (Å²) >= 11 is 0. The van der Waals surface area contributed by atoms with Gasteiger partial charge >= 0.3 is 5.97 Å². The smallest absolute Gasteiger partial charge is 0.302 e. The lowest BCUT2D eigenvalue weighted by molar-refractivity contribution is -0.141. The number of rotatable bonds is 8. The number of methoxy groups -OCH3 is 1. The topological polar surface area (TPSA) is 157 Å². The van der Waals surface area contributed by atoms with Gasteiger partial charge in [0, 0.05) is 64.9 Å². The maximum atomic E-state index is 12.7. The van der Waals surface area contributed by atoms with Crippen LogP contribution in [0.4, 0.5) is 11.5 Å². The zero-order valence-corrected chi connectivity index (χ0v) is 38.4. The highest BCUT2D eigenvalue weighted by atomic mass is 16.5. The highest BCUT2D eigenvalue weighted by Gasteiger charge is 2.53. The lowest BCUT2D eigenvalue weighted by Crippen LogP contribution is -2.32. The molecule has 4 bridgehead atoms. The number of aromatic hydroxyl groups is 2. The molecule has 1 spiro atoms. The van der Waals surface area contributed by atoms with Gasteiger partial charge in [-0.25, -0.2) is 4.98 Å². The molecule has 0 radical (unpaired) electrons. The predicted molar refractivity (Wildman–Crippen MR) is 260 cm³/mol. The molecule has 342 valence electrons. The van der Waals surface area contributed by atoms with E-state index in [1.165, 1.54) is 12.5 Å². The molecule has 3 aliphatic carbocycles. The number of fused-ring (bicyclic) bond motifs is 9. The first-order valence-electron chi connectivity index (χ1n) is 23.6. The first-order chi connectivity index (χ1) is 32.6. The van der Waals surface area contributed by atoms with Crippen LogP contribution in [0.5, 0.6) is 28.7 Å². The number of ether oxygens (including phenoxy) is 4. The first-order valence-corrected chi connectivity index (χ1v) is 23.6. The van der Waals surface area contributed by atoms with Crippen LogP contribution in [0.1, 0.15) is 107 Å². The van der Waals surface area contributed by atoms with Crippen molar-refractivity contribution in [1.82, 2.24) is 10.3 Å². The number of nitrogens with two attached hydrogens (primary N) is 1. The number of para-hydroxylation sites is 1. The van der Waals surface area contributed by atoms with E-state index in [2.05, 4.69) is 77.9 Å². The number of nitrogens with one attached hydrogen (secondary N) is 2. The Labute approximate surface area is 391 Å². The number of esters is 1. The van der Waals surface area contributed by atoms with E-state index in [-0.39, 0.29) is 54.3 Å². The highest BCUT2D eigenvalue weighted by Crippen LogP contribution is 2.64. The molecular weight excluding hydrogens is 841 g/mol. The number of carbonyl (C=O) groups is 1. The van der Waals surface area contributed by atoms with E-state index < -0.39 is 17.4 Å². The summed E-state index contributed by atoms with van der Waals surface area (Å²) in [6, 6.07) is 20.1. The number of nitrogens with zero attached hydrogens (tertiary/aromatic N) is 1. The monoisotopic (exact) mass is 896 g/mol. The van der Waals surface area contributed by atoms with Gasteiger partial charge in [0.2, 0.25) is 0 Å². The molecule has 67 heavy (non-hydrogen) atoms. The molecule has 6 aliphatic rings. The van der Waals surface area contributed by atoms with Gasteiger partial charge in [-0.3, -0.25) is 4.79 Å². The Kier molecular flexibility index (Phi) is 10.7. The third-order valence-corrected chi connectivity index (χ3v) is 15.3. The van der Waals surface area contributed by atoms with E-state index in [4.69, 9.17) is 29.7 Å². The van der Waals surface area contributed by atoms with Gasteiger partial charge in [-0.2, -0.15) is 0 Å². The Balaban J connectivity index is 1.19. The maximum Gasteiger partial charge on any atom is 0.302 e. The Morgan fingerprint density at radius 1 is 1.04 bits per heavy atom. The quantitative estimate of drug-likeness (QED) is 0.0748. The van der Waals surface area contributed by atoms with E-state index in [1.54, 1.807) is 19.2 Å². The summed E-state index contributed by atoms with van der Waals surface area (Å²) in [5, 5.41) is 29.9. The van der Waals surface area contributed by atoms with E-state index in [9.17, 15) is 15.0 Å². The number of carbonyl (C=O) groups excluding carboxylic acids is 1. The van der Waals surface area contributed by atoms with E-state index in [0.717, 1.165) is 93.7 Å². The molecule has 3 aliphatic heterocycles. The van der Waals surface area contributed by atoms with Gasteiger partial charge in [0.25, 0.3) is 0 Å². The van der Waals surface area contributed by atoms with Crippen LogP contribution in [0.3, 0.4) is 0 Å². The number of aromatic nitrogens is 1.